The summed E-state index contributed by atoms with van der Waals surface area (Å²) in [4.78, 5) is 25.2. The van der Waals surface area contributed by atoms with Crippen LogP contribution in [0.1, 0.15) is 31.8 Å². The lowest BCUT2D eigenvalue weighted by molar-refractivity contribution is 0.0939. The fourth-order valence-corrected chi connectivity index (χ4v) is 2.54. The number of hydrogen-bond donors (Lipinski definition) is 1. The molecule has 0 radical (unpaired) electrons. The van der Waals surface area contributed by atoms with Gasteiger partial charge in [-0.3, -0.25) is 9.59 Å². The smallest absolute Gasteiger partial charge is 0.252 e. The van der Waals surface area contributed by atoms with Gasteiger partial charge in [-0.2, -0.15) is 0 Å². The summed E-state index contributed by atoms with van der Waals surface area (Å²) in [6, 6.07) is 21.6. The molecule has 0 aliphatic heterocycles. The molecule has 0 saturated heterocycles. The van der Waals surface area contributed by atoms with Crippen molar-refractivity contribution in [2.75, 3.05) is 0 Å². The van der Waals surface area contributed by atoms with Crippen molar-refractivity contribution in [3.8, 4) is 0 Å². The maximum Gasteiger partial charge on any atom is 0.252 e. The molecule has 0 aliphatic rings. The molecular weight excluding hydrogens is 317 g/mol. The van der Waals surface area contributed by atoms with Crippen LogP contribution in [0.3, 0.4) is 0 Å². The third-order valence-electron chi connectivity index (χ3n) is 3.85. The van der Waals surface area contributed by atoms with Crippen LogP contribution in [-0.2, 0) is 6.54 Å². The summed E-state index contributed by atoms with van der Waals surface area (Å²) in [6.07, 6.45) is 0. The normalized spacial score (nSPS) is 10.3. The second kappa shape index (κ2) is 7.53. The number of ketones is 1. The van der Waals surface area contributed by atoms with Crippen LogP contribution >= 0.6 is 0 Å². The van der Waals surface area contributed by atoms with Crippen molar-refractivity contribution in [3.63, 3.8) is 0 Å². The van der Waals surface area contributed by atoms with Crippen molar-refractivity contribution in [2.45, 2.75) is 6.54 Å². The van der Waals surface area contributed by atoms with Crippen LogP contribution in [0.4, 0.5) is 4.39 Å². The van der Waals surface area contributed by atoms with Crippen LogP contribution in [-0.4, -0.2) is 11.7 Å². The molecule has 0 unspecified atom stereocenters. The van der Waals surface area contributed by atoms with Gasteiger partial charge in [-0.15, -0.1) is 0 Å². The Morgan fingerprint density at radius 3 is 2.08 bits per heavy atom. The molecule has 0 bridgehead atoms. The first kappa shape index (κ1) is 16.6. The summed E-state index contributed by atoms with van der Waals surface area (Å²) < 4.78 is 13.7. The van der Waals surface area contributed by atoms with E-state index in [0.29, 0.717) is 16.7 Å². The number of carbonyl (C=O) groups excluding carboxylic acids is 2. The van der Waals surface area contributed by atoms with Crippen LogP contribution in [0.15, 0.2) is 78.9 Å². The van der Waals surface area contributed by atoms with E-state index in [2.05, 4.69) is 5.32 Å². The zero-order chi connectivity index (χ0) is 17.6. The first-order valence-corrected chi connectivity index (χ1v) is 7.87. The van der Waals surface area contributed by atoms with Gasteiger partial charge < -0.3 is 5.32 Å². The number of amides is 1. The van der Waals surface area contributed by atoms with Crippen molar-refractivity contribution < 1.29 is 14.0 Å². The van der Waals surface area contributed by atoms with Crippen LogP contribution < -0.4 is 5.32 Å². The Morgan fingerprint density at radius 1 is 0.760 bits per heavy atom. The first-order chi connectivity index (χ1) is 12.2. The van der Waals surface area contributed by atoms with Crippen molar-refractivity contribution in [1.29, 1.82) is 0 Å². The zero-order valence-corrected chi connectivity index (χ0v) is 13.4. The van der Waals surface area contributed by atoms with Crippen LogP contribution in [0, 0.1) is 5.82 Å². The number of nitrogens with one attached hydrogen (secondary N) is 1. The molecule has 1 N–H and O–H groups in total. The van der Waals surface area contributed by atoms with E-state index < -0.39 is 5.91 Å². The van der Waals surface area contributed by atoms with Gasteiger partial charge in [-0.1, -0.05) is 66.7 Å². The van der Waals surface area contributed by atoms with Crippen molar-refractivity contribution in [3.05, 3.63) is 107 Å². The Balaban J connectivity index is 1.82. The lowest BCUT2D eigenvalue weighted by Gasteiger charge is -2.10. The maximum absolute atomic E-state index is 13.7. The Labute approximate surface area is 145 Å². The van der Waals surface area contributed by atoms with E-state index in [1.54, 1.807) is 66.7 Å². The van der Waals surface area contributed by atoms with Gasteiger partial charge in [-0.25, -0.2) is 4.39 Å². The molecule has 3 aromatic carbocycles. The fraction of sp³-hybridized carbons (Fsp3) is 0.0476. The monoisotopic (exact) mass is 333 g/mol. The van der Waals surface area contributed by atoms with E-state index in [-0.39, 0.29) is 23.7 Å². The number of carbonyl (C=O) groups is 2. The molecular formula is C21H16FNO2. The molecule has 0 atom stereocenters. The van der Waals surface area contributed by atoms with Gasteiger partial charge in [0.1, 0.15) is 5.82 Å². The van der Waals surface area contributed by atoms with Gasteiger partial charge in [-0.05, 0) is 12.1 Å². The molecule has 0 aromatic heterocycles. The summed E-state index contributed by atoms with van der Waals surface area (Å²) >= 11 is 0. The average Bonchev–Trinajstić information content (AvgIpc) is 2.67. The summed E-state index contributed by atoms with van der Waals surface area (Å²) in [5.41, 5.74) is 1.49. The predicted molar refractivity (Wildman–Crippen MR) is 93.9 cm³/mol. The highest BCUT2D eigenvalue weighted by Gasteiger charge is 2.17. The minimum atomic E-state index is -0.414. The van der Waals surface area contributed by atoms with E-state index >= 15 is 0 Å². The maximum atomic E-state index is 13.7. The Morgan fingerprint density at radius 2 is 1.36 bits per heavy atom. The van der Waals surface area contributed by atoms with Gasteiger partial charge in [0.2, 0.25) is 0 Å². The summed E-state index contributed by atoms with van der Waals surface area (Å²) in [7, 11) is 0. The van der Waals surface area contributed by atoms with Crippen LogP contribution in [0.25, 0.3) is 0 Å². The van der Waals surface area contributed by atoms with Gasteiger partial charge in [0.15, 0.2) is 5.78 Å². The lowest BCUT2D eigenvalue weighted by Crippen LogP contribution is -2.25. The van der Waals surface area contributed by atoms with E-state index in [0.717, 1.165) is 0 Å². The average molecular weight is 333 g/mol. The number of halogens is 1. The van der Waals surface area contributed by atoms with Crippen LogP contribution in [0.2, 0.25) is 0 Å². The third kappa shape index (κ3) is 3.80. The van der Waals surface area contributed by atoms with E-state index in [9.17, 15) is 14.0 Å². The Bertz CT molecular complexity index is 907. The fourth-order valence-electron chi connectivity index (χ4n) is 2.54. The van der Waals surface area contributed by atoms with Crippen molar-refractivity contribution in [2.24, 2.45) is 0 Å². The quantitative estimate of drug-likeness (QED) is 0.718. The van der Waals surface area contributed by atoms with Gasteiger partial charge >= 0.3 is 0 Å². The first-order valence-electron chi connectivity index (χ1n) is 7.87. The van der Waals surface area contributed by atoms with E-state index in [1.165, 1.54) is 6.07 Å². The highest BCUT2D eigenvalue weighted by molar-refractivity contribution is 6.15. The number of rotatable bonds is 5. The summed E-state index contributed by atoms with van der Waals surface area (Å²) in [6.45, 7) is 0.0549. The topological polar surface area (TPSA) is 46.2 Å². The second-order valence-corrected chi connectivity index (χ2v) is 5.51. The van der Waals surface area contributed by atoms with Crippen molar-refractivity contribution >= 4 is 11.7 Å². The molecule has 4 heteroatoms. The number of benzene rings is 3. The largest absolute Gasteiger partial charge is 0.348 e. The van der Waals surface area contributed by atoms with E-state index in [1.807, 2.05) is 6.07 Å². The van der Waals surface area contributed by atoms with Gasteiger partial charge in [0, 0.05) is 23.2 Å². The SMILES string of the molecule is O=C(NCc1ccccc1F)c1ccccc1C(=O)c1ccccc1. The minimum absolute atomic E-state index is 0.0549. The molecule has 0 aliphatic carbocycles. The molecule has 1 amide bonds. The predicted octanol–water partition coefficient (Wildman–Crippen LogP) is 3.99. The molecule has 25 heavy (non-hydrogen) atoms. The molecule has 0 heterocycles. The summed E-state index contributed by atoms with van der Waals surface area (Å²) in [5, 5.41) is 2.67. The van der Waals surface area contributed by atoms with Crippen LogP contribution in [0.5, 0.6) is 0 Å². The molecule has 3 nitrogen and oxygen atoms in total. The Kier molecular flexibility index (Phi) is 5.00. The molecule has 3 rings (SSSR count). The second-order valence-electron chi connectivity index (χ2n) is 5.51. The van der Waals surface area contributed by atoms with Crippen molar-refractivity contribution in [1.82, 2.24) is 5.32 Å². The molecule has 3 aromatic rings. The zero-order valence-electron chi connectivity index (χ0n) is 13.4. The van der Waals surface area contributed by atoms with Gasteiger partial charge in [0.25, 0.3) is 5.91 Å². The highest BCUT2D eigenvalue weighted by atomic mass is 19.1. The Hall–Kier alpha value is -3.27. The third-order valence-corrected chi connectivity index (χ3v) is 3.85. The standard InChI is InChI=1S/C21H16FNO2/c22-19-13-7-4-10-16(19)14-23-21(25)18-12-6-5-11-17(18)20(24)15-8-2-1-3-9-15/h1-13H,14H2,(H,23,25). The molecule has 0 spiro atoms. The molecule has 0 fully saturated rings. The highest BCUT2D eigenvalue weighted by Crippen LogP contribution is 2.15. The lowest BCUT2D eigenvalue weighted by atomic mass is 9.98. The minimum Gasteiger partial charge on any atom is -0.348 e. The molecule has 124 valence electrons. The van der Waals surface area contributed by atoms with Gasteiger partial charge in [0.05, 0.1) is 5.56 Å². The molecule has 0 saturated carbocycles. The van der Waals surface area contributed by atoms with E-state index in [4.69, 9.17) is 0 Å². The summed E-state index contributed by atoms with van der Waals surface area (Å²) in [5.74, 6) is -1.02. The number of hydrogen-bond acceptors (Lipinski definition) is 2.